The third-order valence-electron chi connectivity index (χ3n) is 4.41. The Bertz CT molecular complexity index is 988. The van der Waals surface area contributed by atoms with Crippen LogP contribution in [0.25, 0.3) is 0 Å². The normalized spacial score (nSPS) is 18.5. The zero-order valence-corrected chi connectivity index (χ0v) is 16.0. The lowest BCUT2D eigenvalue weighted by Gasteiger charge is -2.23. The molecule has 2 aliphatic heterocycles. The molecule has 2 aromatic carbocycles. The van der Waals surface area contributed by atoms with Gasteiger partial charge < -0.3 is 19.1 Å². The monoisotopic (exact) mass is 405 g/mol. The Morgan fingerprint density at radius 1 is 1.07 bits per heavy atom. The van der Waals surface area contributed by atoms with Gasteiger partial charge in [-0.05, 0) is 29.8 Å². The number of fused-ring (bicyclic) bond motifs is 1. The highest BCUT2D eigenvalue weighted by Gasteiger charge is 2.34. The first kappa shape index (κ1) is 18.6. The molecule has 148 valence electrons. The van der Waals surface area contributed by atoms with Gasteiger partial charge in [0.25, 0.3) is 10.1 Å². The Morgan fingerprint density at radius 2 is 1.79 bits per heavy atom. The fourth-order valence-electron chi connectivity index (χ4n) is 3.13. The minimum absolute atomic E-state index is 0.130. The zero-order valence-electron chi connectivity index (χ0n) is 15.2. The number of nitrogens with zero attached hydrogens (tertiary/aromatic N) is 1. The number of rotatable bonds is 6. The maximum absolute atomic E-state index is 12.1. The summed E-state index contributed by atoms with van der Waals surface area (Å²) in [6.07, 6.45) is 0.853. The lowest BCUT2D eigenvalue weighted by molar-refractivity contribution is -0.132. The van der Waals surface area contributed by atoms with Gasteiger partial charge in [0.1, 0.15) is 11.5 Å². The molecule has 0 spiro atoms. The van der Waals surface area contributed by atoms with E-state index in [0.29, 0.717) is 29.4 Å². The molecule has 0 saturated carbocycles. The maximum atomic E-state index is 12.1. The van der Waals surface area contributed by atoms with E-state index in [4.69, 9.17) is 18.4 Å². The second-order valence-electron chi connectivity index (χ2n) is 6.58. The van der Waals surface area contributed by atoms with Crippen molar-refractivity contribution in [1.29, 1.82) is 0 Å². The van der Waals surface area contributed by atoms with E-state index in [-0.39, 0.29) is 25.7 Å². The average Bonchev–Trinajstić information content (AvgIpc) is 3.23. The Morgan fingerprint density at radius 3 is 2.54 bits per heavy atom. The number of carbonyl (C=O) groups is 1. The highest BCUT2D eigenvalue weighted by atomic mass is 32.2. The van der Waals surface area contributed by atoms with Crippen LogP contribution >= 0.6 is 0 Å². The van der Waals surface area contributed by atoms with Gasteiger partial charge in [0.2, 0.25) is 12.7 Å². The van der Waals surface area contributed by atoms with Crippen molar-refractivity contribution >= 4 is 16.0 Å². The molecule has 1 saturated heterocycles. The SMILES string of the molecule is CS(=O)(=O)OC1CCC(=O)N1Cc1ccc(Oc2ccc3c(c2)OCO3)cc1. The van der Waals surface area contributed by atoms with Gasteiger partial charge >= 0.3 is 0 Å². The maximum Gasteiger partial charge on any atom is 0.266 e. The molecule has 1 atom stereocenters. The molecule has 0 bridgehead atoms. The van der Waals surface area contributed by atoms with Crippen LogP contribution in [0.2, 0.25) is 0 Å². The average molecular weight is 405 g/mol. The van der Waals surface area contributed by atoms with E-state index in [0.717, 1.165) is 11.8 Å². The van der Waals surface area contributed by atoms with Crippen molar-refractivity contribution in [1.82, 2.24) is 4.90 Å². The van der Waals surface area contributed by atoms with Gasteiger partial charge in [0.15, 0.2) is 17.7 Å². The number of hydrogen-bond donors (Lipinski definition) is 0. The van der Waals surface area contributed by atoms with Crippen LogP contribution in [0.4, 0.5) is 0 Å². The number of likely N-dealkylation sites (tertiary alicyclic amines) is 1. The van der Waals surface area contributed by atoms with Crippen LogP contribution in [-0.4, -0.2) is 38.5 Å². The molecule has 0 radical (unpaired) electrons. The number of benzene rings is 2. The molecule has 28 heavy (non-hydrogen) atoms. The number of ether oxygens (including phenoxy) is 3. The number of amides is 1. The summed E-state index contributed by atoms with van der Waals surface area (Å²) in [5, 5.41) is 0. The Hall–Kier alpha value is -2.78. The van der Waals surface area contributed by atoms with Crippen LogP contribution in [0.3, 0.4) is 0 Å². The molecule has 9 heteroatoms. The van der Waals surface area contributed by atoms with Gasteiger partial charge in [-0.2, -0.15) is 8.42 Å². The second-order valence-corrected chi connectivity index (χ2v) is 8.18. The van der Waals surface area contributed by atoms with Crippen molar-refractivity contribution in [3.63, 3.8) is 0 Å². The van der Waals surface area contributed by atoms with Crippen LogP contribution in [0.15, 0.2) is 42.5 Å². The van der Waals surface area contributed by atoms with Crippen LogP contribution in [-0.2, 0) is 25.6 Å². The lowest BCUT2D eigenvalue weighted by Crippen LogP contribution is -2.35. The molecule has 1 amide bonds. The quantitative estimate of drug-likeness (QED) is 0.682. The summed E-state index contributed by atoms with van der Waals surface area (Å²) in [5.41, 5.74) is 0.843. The summed E-state index contributed by atoms with van der Waals surface area (Å²) < 4.78 is 44.2. The van der Waals surface area contributed by atoms with E-state index in [9.17, 15) is 13.2 Å². The Labute approximate surface area is 162 Å². The zero-order chi connectivity index (χ0) is 19.7. The summed E-state index contributed by atoms with van der Waals surface area (Å²) in [6, 6.07) is 12.5. The van der Waals surface area contributed by atoms with Crippen molar-refractivity contribution in [2.24, 2.45) is 0 Å². The van der Waals surface area contributed by atoms with Crippen LogP contribution in [0.5, 0.6) is 23.0 Å². The first-order valence-corrected chi connectivity index (χ1v) is 10.5. The Kier molecular flexibility index (Phi) is 4.86. The van der Waals surface area contributed by atoms with Gasteiger partial charge in [-0.15, -0.1) is 0 Å². The summed E-state index contributed by atoms with van der Waals surface area (Å²) >= 11 is 0. The van der Waals surface area contributed by atoms with E-state index in [2.05, 4.69) is 0 Å². The predicted octanol–water partition coefficient (Wildman–Crippen LogP) is 2.63. The minimum atomic E-state index is -3.63. The summed E-state index contributed by atoms with van der Waals surface area (Å²) in [4.78, 5) is 13.5. The molecular formula is C19H19NO7S. The molecule has 2 aromatic rings. The minimum Gasteiger partial charge on any atom is -0.457 e. The van der Waals surface area contributed by atoms with E-state index in [1.165, 1.54) is 4.90 Å². The highest BCUT2D eigenvalue weighted by molar-refractivity contribution is 7.86. The predicted molar refractivity (Wildman–Crippen MR) is 98.6 cm³/mol. The fraction of sp³-hybridized carbons (Fsp3) is 0.316. The van der Waals surface area contributed by atoms with Gasteiger partial charge in [-0.1, -0.05) is 12.1 Å². The molecule has 1 fully saturated rings. The molecule has 4 rings (SSSR count). The molecular weight excluding hydrogens is 386 g/mol. The number of carbonyl (C=O) groups excluding carboxylic acids is 1. The van der Waals surface area contributed by atoms with Crippen molar-refractivity contribution in [3.8, 4) is 23.0 Å². The van der Waals surface area contributed by atoms with Gasteiger partial charge in [0.05, 0.1) is 6.26 Å². The molecule has 2 heterocycles. The topological polar surface area (TPSA) is 91.4 Å². The summed E-state index contributed by atoms with van der Waals surface area (Å²) in [7, 11) is -3.63. The van der Waals surface area contributed by atoms with Crippen molar-refractivity contribution in [2.75, 3.05) is 13.0 Å². The van der Waals surface area contributed by atoms with E-state index < -0.39 is 16.3 Å². The molecule has 1 unspecified atom stereocenters. The van der Waals surface area contributed by atoms with Crippen molar-refractivity contribution < 1.29 is 31.6 Å². The van der Waals surface area contributed by atoms with Gasteiger partial charge in [0, 0.05) is 25.5 Å². The van der Waals surface area contributed by atoms with Crippen LogP contribution in [0, 0.1) is 0 Å². The molecule has 0 aliphatic carbocycles. The second kappa shape index (κ2) is 7.33. The van der Waals surface area contributed by atoms with E-state index in [1.807, 2.05) is 12.1 Å². The van der Waals surface area contributed by atoms with Gasteiger partial charge in [-0.3, -0.25) is 4.79 Å². The molecule has 0 N–H and O–H groups in total. The lowest BCUT2D eigenvalue weighted by atomic mass is 10.2. The van der Waals surface area contributed by atoms with E-state index >= 15 is 0 Å². The largest absolute Gasteiger partial charge is 0.457 e. The first-order valence-electron chi connectivity index (χ1n) is 8.71. The third-order valence-corrected chi connectivity index (χ3v) is 4.99. The smallest absolute Gasteiger partial charge is 0.266 e. The van der Waals surface area contributed by atoms with Crippen molar-refractivity contribution in [2.45, 2.75) is 25.6 Å². The van der Waals surface area contributed by atoms with Gasteiger partial charge in [-0.25, -0.2) is 4.18 Å². The summed E-state index contributed by atoms with van der Waals surface area (Å²) in [5.74, 6) is 2.43. The standard InChI is InChI=1S/C19H19NO7S/c1-28(22,23)27-19-9-8-18(21)20(19)11-13-2-4-14(5-3-13)26-15-6-7-16-17(10-15)25-12-24-16/h2-7,10,19H,8-9,11-12H2,1H3. The fourth-order valence-corrected chi connectivity index (χ4v) is 3.74. The van der Waals surface area contributed by atoms with E-state index in [1.54, 1.807) is 30.3 Å². The van der Waals surface area contributed by atoms with Crippen molar-refractivity contribution in [3.05, 3.63) is 48.0 Å². The first-order chi connectivity index (χ1) is 13.4. The molecule has 2 aliphatic rings. The highest BCUT2D eigenvalue weighted by Crippen LogP contribution is 2.36. The molecule has 8 nitrogen and oxygen atoms in total. The third kappa shape index (κ3) is 4.20. The Balaban J connectivity index is 1.42. The van der Waals surface area contributed by atoms with Crippen LogP contribution in [0.1, 0.15) is 18.4 Å². The van der Waals surface area contributed by atoms with Crippen LogP contribution < -0.4 is 14.2 Å². The summed E-state index contributed by atoms with van der Waals surface area (Å²) in [6.45, 7) is 0.468. The molecule has 0 aromatic heterocycles. The number of hydrogen-bond acceptors (Lipinski definition) is 7.